The Morgan fingerprint density at radius 2 is 2.00 bits per heavy atom. The summed E-state index contributed by atoms with van der Waals surface area (Å²) in [5.41, 5.74) is 3.32. The summed E-state index contributed by atoms with van der Waals surface area (Å²) in [6.45, 7) is 0. The number of hydrogen-bond donors (Lipinski definition) is 0. The molecule has 0 saturated heterocycles. The zero-order valence-corrected chi connectivity index (χ0v) is 10.2. The van der Waals surface area contributed by atoms with Gasteiger partial charge >= 0.3 is 0 Å². The molecule has 3 rings (SSSR count). The number of aromatic nitrogens is 2. The predicted octanol–water partition coefficient (Wildman–Crippen LogP) is 2.13. The van der Waals surface area contributed by atoms with Gasteiger partial charge < -0.3 is 4.84 Å². The molecule has 4 nitrogen and oxygen atoms in total. The molecule has 18 heavy (non-hydrogen) atoms. The maximum absolute atomic E-state index is 12.1. The number of ketones is 1. The first-order chi connectivity index (χ1) is 8.81. The summed E-state index contributed by atoms with van der Waals surface area (Å²) in [7, 11) is 1.57. The maximum Gasteiger partial charge on any atom is 0.167 e. The molecule has 1 aromatic carbocycles. The SMILES string of the molecule is COn1nc(-c2ccccc2)c2c1CCCC2=O. The molecule has 92 valence electrons. The van der Waals surface area contributed by atoms with E-state index in [4.69, 9.17) is 4.84 Å². The van der Waals surface area contributed by atoms with Gasteiger partial charge in [-0.1, -0.05) is 30.3 Å². The zero-order chi connectivity index (χ0) is 12.5. The first kappa shape index (κ1) is 11.0. The van der Waals surface area contributed by atoms with Crippen LogP contribution in [0.5, 0.6) is 0 Å². The number of carbonyl (C=O) groups excluding carboxylic acids is 1. The molecule has 0 spiro atoms. The van der Waals surface area contributed by atoms with Gasteiger partial charge in [0.05, 0.1) is 11.3 Å². The molecule has 0 unspecified atom stereocenters. The van der Waals surface area contributed by atoms with E-state index >= 15 is 0 Å². The molecule has 0 fully saturated rings. The monoisotopic (exact) mass is 242 g/mol. The van der Waals surface area contributed by atoms with Gasteiger partial charge in [-0.15, -0.1) is 9.94 Å². The van der Waals surface area contributed by atoms with Crippen molar-refractivity contribution >= 4 is 5.78 Å². The van der Waals surface area contributed by atoms with Crippen LogP contribution in [-0.4, -0.2) is 22.8 Å². The van der Waals surface area contributed by atoms with Crippen LogP contribution in [0, 0.1) is 0 Å². The smallest absolute Gasteiger partial charge is 0.167 e. The minimum atomic E-state index is 0.165. The Labute approximate surface area is 105 Å². The van der Waals surface area contributed by atoms with E-state index in [9.17, 15) is 4.79 Å². The van der Waals surface area contributed by atoms with Gasteiger partial charge in [-0.05, 0) is 12.8 Å². The molecule has 0 N–H and O–H groups in total. The molecule has 4 heteroatoms. The first-order valence-corrected chi connectivity index (χ1v) is 6.06. The summed E-state index contributed by atoms with van der Waals surface area (Å²) >= 11 is 0. The number of carbonyl (C=O) groups is 1. The number of fused-ring (bicyclic) bond motifs is 1. The van der Waals surface area contributed by atoms with E-state index in [1.54, 1.807) is 7.11 Å². The van der Waals surface area contributed by atoms with Gasteiger partial charge in [0.25, 0.3) is 0 Å². The molecule has 1 heterocycles. The molecule has 0 bridgehead atoms. The van der Waals surface area contributed by atoms with Crippen molar-refractivity contribution < 1.29 is 9.63 Å². The first-order valence-electron chi connectivity index (χ1n) is 6.06. The second kappa shape index (κ2) is 4.29. The highest BCUT2D eigenvalue weighted by Gasteiger charge is 2.28. The van der Waals surface area contributed by atoms with Crippen molar-refractivity contribution in [3.63, 3.8) is 0 Å². The van der Waals surface area contributed by atoms with Crippen LogP contribution < -0.4 is 4.84 Å². The lowest BCUT2D eigenvalue weighted by Gasteiger charge is -2.11. The molecule has 1 aliphatic rings. The normalized spacial score (nSPS) is 14.4. The largest absolute Gasteiger partial charge is 0.400 e. The second-order valence-corrected chi connectivity index (χ2v) is 4.37. The molecular formula is C14H14N2O2. The van der Waals surface area contributed by atoms with E-state index in [1.165, 1.54) is 4.85 Å². The van der Waals surface area contributed by atoms with Crippen LogP contribution in [0.1, 0.15) is 28.9 Å². The highest BCUT2D eigenvalue weighted by atomic mass is 16.7. The Balaban J connectivity index is 2.21. The summed E-state index contributed by atoms with van der Waals surface area (Å²) in [4.78, 5) is 18.8. The van der Waals surface area contributed by atoms with Gasteiger partial charge in [0, 0.05) is 12.0 Å². The topological polar surface area (TPSA) is 44.1 Å². The molecule has 1 aromatic heterocycles. The Bertz CT molecular complexity index is 587. The van der Waals surface area contributed by atoms with E-state index in [0.717, 1.165) is 35.4 Å². The molecule has 0 saturated carbocycles. The zero-order valence-electron chi connectivity index (χ0n) is 10.2. The quantitative estimate of drug-likeness (QED) is 0.810. The van der Waals surface area contributed by atoms with E-state index in [0.29, 0.717) is 6.42 Å². The Hall–Kier alpha value is -2.10. The fourth-order valence-electron chi connectivity index (χ4n) is 2.44. The fourth-order valence-corrected chi connectivity index (χ4v) is 2.44. The van der Waals surface area contributed by atoms with Crippen LogP contribution in [0.4, 0.5) is 0 Å². The second-order valence-electron chi connectivity index (χ2n) is 4.37. The van der Waals surface area contributed by atoms with Crippen LogP contribution in [0.3, 0.4) is 0 Å². The van der Waals surface area contributed by atoms with Crippen molar-refractivity contribution in [3.8, 4) is 11.3 Å². The van der Waals surface area contributed by atoms with Crippen molar-refractivity contribution in [2.24, 2.45) is 0 Å². The molecular weight excluding hydrogens is 228 g/mol. The summed E-state index contributed by atoms with van der Waals surface area (Å²) in [5, 5.41) is 4.40. The van der Waals surface area contributed by atoms with Crippen LogP contribution in [-0.2, 0) is 6.42 Å². The molecule has 2 aromatic rings. The van der Waals surface area contributed by atoms with E-state index in [2.05, 4.69) is 5.10 Å². The maximum atomic E-state index is 12.1. The van der Waals surface area contributed by atoms with Gasteiger partial charge in [-0.2, -0.15) is 0 Å². The van der Waals surface area contributed by atoms with Gasteiger partial charge in [-0.25, -0.2) is 0 Å². The third-order valence-electron chi connectivity index (χ3n) is 3.26. The fraction of sp³-hybridized carbons (Fsp3) is 0.286. The third kappa shape index (κ3) is 1.61. The highest BCUT2D eigenvalue weighted by Crippen LogP contribution is 2.30. The average molecular weight is 242 g/mol. The number of rotatable bonds is 2. The third-order valence-corrected chi connectivity index (χ3v) is 3.26. The number of nitrogens with zero attached hydrogens (tertiary/aromatic N) is 2. The van der Waals surface area contributed by atoms with Crippen molar-refractivity contribution in [2.75, 3.05) is 7.11 Å². The molecule has 0 aliphatic heterocycles. The lowest BCUT2D eigenvalue weighted by atomic mass is 9.92. The lowest BCUT2D eigenvalue weighted by Crippen LogP contribution is -2.17. The molecule has 0 atom stereocenters. The number of Topliss-reactive ketones (excluding diaryl/α,β-unsaturated/α-hetero) is 1. The highest BCUT2D eigenvalue weighted by molar-refractivity contribution is 6.03. The van der Waals surface area contributed by atoms with Gasteiger partial charge in [0.1, 0.15) is 12.8 Å². The number of benzene rings is 1. The molecule has 0 radical (unpaired) electrons. The summed E-state index contributed by atoms with van der Waals surface area (Å²) in [6, 6.07) is 9.77. The Morgan fingerprint density at radius 3 is 2.72 bits per heavy atom. The van der Waals surface area contributed by atoms with Crippen molar-refractivity contribution in [2.45, 2.75) is 19.3 Å². The van der Waals surface area contributed by atoms with E-state index in [-0.39, 0.29) is 5.78 Å². The lowest BCUT2D eigenvalue weighted by molar-refractivity contribution is 0.0955. The summed E-state index contributed by atoms with van der Waals surface area (Å²) in [6.07, 6.45) is 2.31. The van der Waals surface area contributed by atoms with Crippen molar-refractivity contribution in [1.29, 1.82) is 0 Å². The predicted molar refractivity (Wildman–Crippen MR) is 67.4 cm³/mol. The average Bonchev–Trinajstić information content (AvgIpc) is 2.80. The van der Waals surface area contributed by atoms with Crippen LogP contribution in [0.25, 0.3) is 11.3 Å². The van der Waals surface area contributed by atoms with E-state index in [1.807, 2.05) is 30.3 Å². The van der Waals surface area contributed by atoms with Crippen LogP contribution >= 0.6 is 0 Å². The number of hydrogen-bond acceptors (Lipinski definition) is 3. The minimum Gasteiger partial charge on any atom is -0.400 e. The molecule has 1 aliphatic carbocycles. The minimum absolute atomic E-state index is 0.165. The summed E-state index contributed by atoms with van der Waals surface area (Å²) in [5.74, 6) is 0.165. The van der Waals surface area contributed by atoms with Crippen LogP contribution in [0.2, 0.25) is 0 Å². The van der Waals surface area contributed by atoms with Crippen molar-refractivity contribution in [3.05, 3.63) is 41.6 Å². The van der Waals surface area contributed by atoms with Crippen LogP contribution in [0.15, 0.2) is 30.3 Å². The Morgan fingerprint density at radius 1 is 1.22 bits per heavy atom. The van der Waals surface area contributed by atoms with E-state index < -0.39 is 0 Å². The Kier molecular flexibility index (Phi) is 2.63. The molecule has 0 amide bonds. The van der Waals surface area contributed by atoms with Gasteiger partial charge in [0.2, 0.25) is 0 Å². The van der Waals surface area contributed by atoms with Crippen molar-refractivity contribution in [1.82, 2.24) is 9.94 Å². The summed E-state index contributed by atoms with van der Waals surface area (Å²) < 4.78 is 0. The van der Waals surface area contributed by atoms with Gasteiger partial charge in [0.15, 0.2) is 5.78 Å². The van der Waals surface area contributed by atoms with Gasteiger partial charge in [-0.3, -0.25) is 4.79 Å². The standard InChI is InChI=1S/C14H14N2O2/c1-18-16-11-8-5-9-12(17)13(11)14(15-16)10-6-3-2-4-7-10/h2-4,6-7H,5,8-9H2,1H3.